The fourth-order valence-corrected chi connectivity index (χ4v) is 2.35. The number of ether oxygens (including phenoxy) is 2. The standard InChI is InChI=1S/C21H22N2O6/c1-3-28-18-10-6-16(7-11-18)21(27)22-12-20(26)29-13-19(25)15-4-8-17(9-5-15)23-14(2)24/h4-11H,3,12-13H2,1-2H3,(H,22,27)(H,23,24). The number of benzene rings is 2. The Morgan fingerprint density at radius 2 is 1.52 bits per heavy atom. The molecule has 0 saturated heterocycles. The highest BCUT2D eigenvalue weighted by atomic mass is 16.5. The van der Waals surface area contributed by atoms with E-state index < -0.39 is 24.3 Å². The van der Waals surface area contributed by atoms with Crippen LogP contribution in [0.2, 0.25) is 0 Å². The van der Waals surface area contributed by atoms with Gasteiger partial charge in [-0.3, -0.25) is 19.2 Å². The van der Waals surface area contributed by atoms with Crippen molar-refractivity contribution < 1.29 is 28.7 Å². The van der Waals surface area contributed by atoms with Crippen LogP contribution in [-0.2, 0) is 14.3 Å². The van der Waals surface area contributed by atoms with Gasteiger partial charge in [-0.05, 0) is 55.5 Å². The molecule has 2 N–H and O–H groups in total. The first kappa shape index (κ1) is 21.6. The lowest BCUT2D eigenvalue weighted by atomic mass is 10.1. The number of hydrogen-bond acceptors (Lipinski definition) is 6. The van der Waals surface area contributed by atoms with Gasteiger partial charge in [0.2, 0.25) is 5.91 Å². The van der Waals surface area contributed by atoms with Gasteiger partial charge in [0.1, 0.15) is 12.3 Å². The Hall–Kier alpha value is -3.68. The number of amides is 2. The summed E-state index contributed by atoms with van der Waals surface area (Å²) in [6.07, 6.45) is 0. The molecule has 0 unspecified atom stereocenters. The van der Waals surface area contributed by atoms with Crippen LogP contribution >= 0.6 is 0 Å². The second-order valence-electron chi connectivity index (χ2n) is 5.98. The van der Waals surface area contributed by atoms with Gasteiger partial charge in [0, 0.05) is 23.7 Å². The Morgan fingerprint density at radius 3 is 2.10 bits per heavy atom. The maximum Gasteiger partial charge on any atom is 0.325 e. The van der Waals surface area contributed by atoms with Crippen molar-refractivity contribution >= 4 is 29.3 Å². The number of carbonyl (C=O) groups is 4. The minimum Gasteiger partial charge on any atom is -0.494 e. The molecule has 0 atom stereocenters. The topological polar surface area (TPSA) is 111 Å². The zero-order chi connectivity index (χ0) is 21.2. The van der Waals surface area contributed by atoms with Crippen molar-refractivity contribution in [3.63, 3.8) is 0 Å². The van der Waals surface area contributed by atoms with Crippen LogP contribution in [-0.4, -0.2) is 43.3 Å². The lowest BCUT2D eigenvalue weighted by Crippen LogP contribution is -2.31. The highest BCUT2D eigenvalue weighted by Crippen LogP contribution is 2.12. The summed E-state index contributed by atoms with van der Waals surface area (Å²) in [6.45, 7) is 2.96. The summed E-state index contributed by atoms with van der Waals surface area (Å²) in [6, 6.07) is 12.7. The minimum absolute atomic E-state index is 0.217. The van der Waals surface area contributed by atoms with Gasteiger partial charge in [-0.2, -0.15) is 0 Å². The predicted molar refractivity (Wildman–Crippen MR) is 106 cm³/mol. The monoisotopic (exact) mass is 398 g/mol. The molecule has 0 spiro atoms. The normalized spacial score (nSPS) is 10.0. The van der Waals surface area contributed by atoms with E-state index >= 15 is 0 Å². The van der Waals surface area contributed by atoms with Crippen molar-refractivity contribution in [2.24, 2.45) is 0 Å². The van der Waals surface area contributed by atoms with Crippen LogP contribution in [0.5, 0.6) is 5.75 Å². The van der Waals surface area contributed by atoms with E-state index in [0.29, 0.717) is 29.2 Å². The van der Waals surface area contributed by atoms with Gasteiger partial charge >= 0.3 is 5.97 Å². The Balaban J connectivity index is 1.76. The average Bonchev–Trinajstić information content (AvgIpc) is 2.71. The minimum atomic E-state index is -0.729. The molecule has 0 saturated carbocycles. The molecular formula is C21H22N2O6. The lowest BCUT2D eigenvalue weighted by molar-refractivity contribution is -0.141. The Morgan fingerprint density at radius 1 is 0.897 bits per heavy atom. The van der Waals surface area contributed by atoms with Crippen molar-refractivity contribution in [1.29, 1.82) is 0 Å². The number of hydrogen-bond donors (Lipinski definition) is 2. The quantitative estimate of drug-likeness (QED) is 0.495. The molecule has 0 bridgehead atoms. The summed E-state index contributed by atoms with van der Waals surface area (Å²) < 4.78 is 10.2. The second kappa shape index (κ2) is 10.6. The molecule has 0 radical (unpaired) electrons. The molecule has 152 valence electrons. The van der Waals surface area contributed by atoms with Gasteiger partial charge in [0.15, 0.2) is 12.4 Å². The van der Waals surface area contributed by atoms with E-state index in [-0.39, 0.29) is 12.5 Å². The molecule has 0 aliphatic heterocycles. The van der Waals surface area contributed by atoms with Crippen LogP contribution in [0.25, 0.3) is 0 Å². The highest BCUT2D eigenvalue weighted by molar-refractivity contribution is 5.99. The van der Waals surface area contributed by atoms with Crippen LogP contribution < -0.4 is 15.4 Å². The molecule has 0 aliphatic rings. The van der Waals surface area contributed by atoms with E-state index in [2.05, 4.69) is 10.6 Å². The van der Waals surface area contributed by atoms with Crippen molar-refractivity contribution in [3.8, 4) is 5.75 Å². The highest BCUT2D eigenvalue weighted by Gasteiger charge is 2.12. The molecule has 2 amide bonds. The molecule has 8 heteroatoms. The molecule has 0 aromatic heterocycles. The molecule has 8 nitrogen and oxygen atoms in total. The Bertz CT molecular complexity index is 875. The predicted octanol–water partition coefficient (Wildman–Crippen LogP) is 2.20. The average molecular weight is 398 g/mol. The maximum atomic E-state index is 12.1. The second-order valence-corrected chi connectivity index (χ2v) is 5.98. The zero-order valence-electron chi connectivity index (χ0n) is 16.2. The van der Waals surface area contributed by atoms with Crippen molar-refractivity contribution in [2.45, 2.75) is 13.8 Å². The number of anilines is 1. The van der Waals surface area contributed by atoms with Gasteiger partial charge in [-0.1, -0.05) is 0 Å². The first-order valence-corrected chi connectivity index (χ1v) is 8.96. The number of nitrogens with one attached hydrogen (secondary N) is 2. The smallest absolute Gasteiger partial charge is 0.325 e. The van der Waals surface area contributed by atoms with Crippen molar-refractivity contribution in [2.75, 3.05) is 25.1 Å². The van der Waals surface area contributed by atoms with Crippen LogP contribution in [0, 0.1) is 0 Å². The summed E-state index contributed by atoms with van der Waals surface area (Å²) in [7, 11) is 0. The van der Waals surface area contributed by atoms with E-state index in [1.165, 1.54) is 19.1 Å². The molecular weight excluding hydrogens is 376 g/mol. The number of esters is 1. The third kappa shape index (κ3) is 7.10. The third-order valence-electron chi connectivity index (χ3n) is 3.71. The number of ketones is 1. The van der Waals surface area contributed by atoms with Gasteiger partial charge < -0.3 is 20.1 Å². The largest absolute Gasteiger partial charge is 0.494 e. The third-order valence-corrected chi connectivity index (χ3v) is 3.71. The summed E-state index contributed by atoms with van der Waals surface area (Å²) in [5.74, 6) is -1.14. The molecule has 0 fully saturated rings. The summed E-state index contributed by atoms with van der Waals surface area (Å²) in [4.78, 5) is 46.8. The van der Waals surface area contributed by atoms with E-state index in [1.807, 2.05) is 6.92 Å². The summed E-state index contributed by atoms with van der Waals surface area (Å²) >= 11 is 0. The fraction of sp³-hybridized carbons (Fsp3) is 0.238. The van der Waals surface area contributed by atoms with Gasteiger partial charge in [0.25, 0.3) is 5.91 Å². The van der Waals surface area contributed by atoms with Gasteiger partial charge in [-0.15, -0.1) is 0 Å². The van der Waals surface area contributed by atoms with Crippen LogP contribution in [0.1, 0.15) is 34.6 Å². The van der Waals surface area contributed by atoms with Crippen molar-refractivity contribution in [3.05, 3.63) is 59.7 Å². The molecule has 0 aliphatic carbocycles. The van der Waals surface area contributed by atoms with E-state index in [9.17, 15) is 19.2 Å². The van der Waals surface area contributed by atoms with Crippen LogP contribution in [0.15, 0.2) is 48.5 Å². The SMILES string of the molecule is CCOc1ccc(C(=O)NCC(=O)OCC(=O)c2ccc(NC(C)=O)cc2)cc1. The number of Topliss-reactive ketones (excluding diaryl/α,β-unsaturated/α-hetero) is 1. The maximum absolute atomic E-state index is 12.1. The Kier molecular flexibility index (Phi) is 7.90. The van der Waals surface area contributed by atoms with Gasteiger partial charge in [0.05, 0.1) is 6.61 Å². The zero-order valence-corrected chi connectivity index (χ0v) is 16.2. The Labute approximate surface area is 168 Å². The van der Waals surface area contributed by atoms with E-state index in [1.54, 1.807) is 36.4 Å². The van der Waals surface area contributed by atoms with E-state index in [0.717, 1.165) is 0 Å². The molecule has 2 aromatic carbocycles. The van der Waals surface area contributed by atoms with Crippen LogP contribution in [0.3, 0.4) is 0 Å². The fourth-order valence-electron chi connectivity index (χ4n) is 2.35. The molecule has 29 heavy (non-hydrogen) atoms. The number of rotatable bonds is 9. The van der Waals surface area contributed by atoms with Crippen molar-refractivity contribution in [1.82, 2.24) is 5.32 Å². The summed E-state index contributed by atoms with van der Waals surface area (Å²) in [5.41, 5.74) is 1.27. The van der Waals surface area contributed by atoms with Gasteiger partial charge in [-0.25, -0.2) is 0 Å². The molecule has 2 aromatic rings. The molecule has 2 rings (SSSR count). The van der Waals surface area contributed by atoms with Crippen LogP contribution in [0.4, 0.5) is 5.69 Å². The number of carbonyl (C=O) groups excluding carboxylic acids is 4. The molecule has 0 heterocycles. The first-order valence-electron chi connectivity index (χ1n) is 8.96. The summed E-state index contributed by atoms with van der Waals surface area (Å²) in [5, 5.41) is 5.02. The first-order chi connectivity index (χ1) is 13.9. The van der Waals surface area contributed by atoms with E-state index in [4.69, 9.17) is 9.47 Å². The lowest BCUT2D eigenvalue weighted by Gasteiger charge is -2.08.